The first-order valence-corrected chi connectivity index (χ1v) is 5.90. The molecule has 2 heteroatoms. The van der Waals surface area contributed by atoms with Gasteiger partial charge in [-0.2, -0.15) is 0 Å². The lowest BCUT2D eigenvalue weighted by molar-refractivity contribution is -0.109. The SMILES string of the molecule is CCCCCCCC=CC=CCNC=O. The molecule has 0 aliphatic heterocycles. The van der Waals surface area contributed by atoms with Crippen LogP contribution in [0.1, 0.15) is 45.4 Å². The minimum absolute atomic E-state index is 0.615. The molecule has 1 N–H and O–H groups in total. The van der Waals surface area contributed by atoms with Crippen molar-refractivity contribution in [1.29, 1.82) is 0 Å². The van der Waals surface area contributed by atoms with E-state index < -0.39 is 0 Å². The average molecular weight is 209 g/mol. The number of allylic oxidation sites excluding steroid dienone is 3. The molecule has 1 amide bonds. The molecule has 0 rings (SSSR count). The molecular formula is C13H23NO. The van der Waals surface area contributed by atoms with Crippen molar-refractivity contribution in [3.63, 3.8) is 0 Å². The Bertz CT molecular complexity index is 185. The number of amides is 1. The number of hydrogen-bond donors (Lipinski definition) is 1. The van der Waals surface area contributed by atoms with E-state index in [4.69, 9.17) is 0 Å². The second kappa shape index (κ2) is 12.9. The lowest BCUT2D eigenvalue weighted by atomic mass is 10.1. The highest BCUT2D eigenvalue weighted by Gasteiger charge is 1.85. The van der Waals surface area contributed by atoms with E-state index in [1.165, 1.54) is 32.1 Å². The average Bonchev–Trinajstić information content (AvgIpc) is 2.26. The van der Waals surface area contributed by atoms with Crippen LogP contribution in [0.15, 0.2) is 24.3 Å². The van der Waals surface area contributed by atoms with Crippen LogP contribution >= 0.6 is 0 Å². The van der Waals surface area contributed by atoms with Gasteiger partial charge in [-0.1, -0.05) is 56.9 Å². The summed E-state index contributed by atoms with van der Waals surface area (Å²) in [6.45, 7) is 2.85. The van der Waals surface area contributed by atoms with Gasteiger partial charge in [-0.25, -0.2) is 0 Å². The standard InChI is InChI=1S/C13H23NO/c1-2-3-4-5-6-7-8-9-10-11-12-14-13-15/h8-11,13H,2-7,12H2,1H3,(H,14,15). The fraction of sp³-hybridized carbons (Fsp3) is 0.615. The third-order valence-corrected chi connectivity index (χ3v) is 2.18. The summed E-state index contributed by atoms with van der Waals surface area (Å²) in [6, 6.07) is 0. The van der Waals surface area contributed by atoms with Crippen LogP contribution in [-0.2, 0) is 4.79 Å². The van der Waals surface area contributed by atoms with Crippen molar-refractivity contribution in [2.24, 2.45) is 0 Å². The molecule has 0 heterocycles. The predicted molar refractivity (Wildman–Crippen MR) is 65.7 cm³/mol. The summed E-state index contributed by atoms with van der Waals surface area (Å²) in [6.07, 6.45) is 16.7. The zero-order valence-corrected chi connectivity index (χ0v) is 9.74. The maximum Gasteiger partial charge on any atom is 0.207 e. The Kier molecular flexibility index (Phi) is 12.0. The minimum atomic E-state index is 0.615. The van der Waals surface area contributed by atoms with E-state index >= 15 is 0 Å². The zero-order valence-electron chi connectivity index (χ0n) is 9.74. The van der Waals surface area contributed by atoms with Gasteiger partial charge in [0, 0.05) is 6.54 Å². The van der Waals surface area contributed by atoms with Gasteiger partial charge >= 0.3 is 0 Å². The van der Waals surface area contributed by atoms with E-state index in [1.54, 1.807) is 0 Å². The summed E-state index contributed by atoms with van der Waals surface area (Å²) < 4.78 is 0. The second-order valence-corrected chi connectivity index (χ2v) is 3.59. The quantitative estimate of drug-likeness (QED) is 0.334. The fourth-order valence-electron chi connectivity index (χ4n) is 1.30. The summed E-state index contributed by atoms with van der Waals surface area (Å²) in [7, 11) is 0. The number of rotatable bonds is 10. The van der Waals surface area contributed by atoms with E-state index in [2.05, 4.69) is 18.3 Å². The Hall–Kier alpha value is -1.05. The molecule has 0 aromatic rings. The van der Waals surface area contributed by atoms with Crippen LogP contribution in [0.5, 0.6) is 0 Å². The monoisotopic (exact) mass is 209 g/mol. The van der Waals surface area contributed by atoms with Crippen LogP contribution in [0.25, 0.3) is 0 Å². The van der Waals surface area contributed by atoms with Gasteiger partial charge in [-0.05, 0) is 12.8 Å². The number of carbonyl (C=O) groups excluding carboxylic acids is 1. The predicted octanol–water partition coefficient (Wildman–Crippen LogP) is 3.21. The first-order chi connectivity index (χ1) is 7.41. The van der Waals surface area contributed by atoms with E-state index in [1.807, 2.05) is 18.2 Å². The molecule has 0 aliphatic rings. The van der Waals surface area contributed by atoms with Crippen molar-refractivity contribution < 1.29 is 4.79 Å². The van der Waals surface area contributed by atoms with Crippen LogP contribution in [0.2, 0.25) is 0 Å². The van der Waals surface area contributed by atoms with Gasteiger partial charge in [-0.3, -0.25) is 4.79 Å². The molecule has 0 atom stereocenters. The van der Waals surface area contributed by atoms with Crippen molar-refractivity contribution in [3.8, 4) is 0 Å². The lowest BCUT2D eigenvalue weighted by Crippen LogP contribution is -2.08. The highest BCUT2D eigenvalue weighted by atomic mass is 16.1. The molecule has 0 bridgehead atoms. The van der Waals surface area contributed by atoms with Crippen molar-refractivity contribution in [1.82, 2.24) is 5.32 Å². The van der Waals surface area contributed by atoms with Crippen molar-refractivity contribution in [2.75, 3.05) is 6.54 Å². The van der Waals surface area contributed by atoms with Crippen molar-refractivity contribution in [3.05, 3.63) is 24.3 Å². The maximum atomic E-state index is 9.90. The van der Waals surface area contributed by atoms with E-state index in [0.717, 1.165) is 6.42 Å². The molecule has 0 saturated heterocycles. The maximum absolute atomic E-state index is 9.90. The molecule has 0 spiro atoms. The lowest BCUT2D eigenvalue weighted by Gasteiger charge is -1.95. The molecule has 0 aromatic heterocycles. The largest absolute Gasteiger partial charge is 0.355 e. The third-order valence-electron chi connectivity index (χ3n) is 2.18. The minimum Gasteiger partial charge on any atom is -0.355 e. The molecule has 2 nitrogen and oxygen atoms in total. The number of carbonyl (C=O) groups is 1. The molecule has 0 unspecified atom stereocenters. The molecule has 0 radical (unpaired) electrons. The van der Waals surface area contributed by atoms with Crippen molar-refractivity contribution >= 4 is 6.41 Å². The summed E-state index contributed by atoms with van der Waals surface area (Å²) >= 11 is 0. The summed E-state index contributed by atoms with van der Waals surface area (Å²) in [5.41, 5.74) is 0. The normalized spacial score (nSPS) is 11.3. The fourth-order valence-corrected chi connectivity index (χ4v) is 1.30. The Morgan fingerprint density at radius 2 is 1.73 bits per heavy atom. The van der Waals surface area contributed by atoms with Gasteiger partial charge in [0.15, 0.2) is 0 Å². The summed E-state index contributed by atoms with van der Waals surface area (Å²) in [5.74, 6) is 0. The smallest absolute Gasteiger partial charge is 0.207 e. The summed E-state index contributed by atoms with van der Waals surface area (Å²) in [4.78, 5) is 9.90. The first kappa shape index (κ1) is 13.9. The Morgan fingerprint density at radius 3 is 2.47 bits per heavy atom. The Labute approximate surface area is 93.5 Å². The molecule has 15 heavy (non-hydrogen) atoms. The van der Waals surface area contributed by atoms with Gasteiger partial charge in [0.2, 0.25) is 6.41 Å². The number of nitrogens with one attached hydrogen (secondary N) is 1. The van der Waals surface area contributed by atoms with Gasteiger partial charge in [0.25, 0.3) is 0 Å². The van der Waals surface area contributed by atoms with Crippen LogP contribution < -0.4 is 5.32 Å². The van der Waals surface area contributed by atoms with Gasteiger partial charge in [0.1, 0.15) is 0 Å². The van der Waals surface area contributed by atoms with Gasteiger partial charge in [-0.15, -0.1) is 0 Å². The Morgan fingerprint density at radius 1 is 1.00 bits per heavy atom. The van der Waals surface area contributed by atoms with Crippen LogP contribution in [-0.4, -0.2) is 13.0 Å². The third kappa shape index (κ3) is 12.9. The van der Waals surface area contributed by atoms with E-state index in [9.17, 15) is 4.79 Å². The molecule has 0 aliphatic carbocycles. The molecule has 0 fully saturated rings. The van der Waals surface area contributed by atoms with E-state index in [0.29, 0.717) is 13.0 Å². The topological polar surface area (TPSA) is 29.1 Å². The molecule has 0 aromatic carbocycles. The van der Waals surface area contributed by atoms with E-state index in [-0.39, 0.29) is 0 Å². The van der Waals surface area contributed by atoms with Gasteiger partial charge in [0.05, 0.1) is 0 Å². The number of hydrogen-bond acceptors (Lipinski definition) is 1. The Balaban J connectivity index is 3.16. The number of unbranched alkanes of at least 4 members (excludes halogenated alkanes) is 5. The molecule has 0 saturated carbocycles. The van der Waals surface area contributed by atoms with Crippen molar-refractivity contribution in [2.45, 2.75) is 45.4 Å². The molecular weight excluding hydrogens is 186 g/mol. The molecule has 86 valence electrons. The van der Waals surface area contributed by atoms with Crippen LogP contribution in [0.4, 0.5) is 0 Å². The van der Waals surface area contributed by atoms with Gasteiger partial charge < -0.3 is 5.32 Å². The highest BCUT2D eigenvalue weighted by Crippen LogP contribution is 2.05. The van der Waals surface area contributed by atoms with Crippen LogP contribution in [0.3, 0.4) is 0 Å². The highest BCUT2D eigenvalue weighted by molar-refractivity contribution is 5.46. The second-order valence-electron chi connectivity index (χ2n) is 3.59. The first-order valence-electron chi connectivity index (χ1n) is 5.90. The summed E-state index contributed by atoms with van der Waals surface area (Å²) in [5, 5.41) is 2.57. The van der Waals surface area contributed by atoms with Crippen LogP contribution in [0, 0.1) is 0 Å². The zero-order chi connectivity index (χ0) is 11.2.